The van der Waals surface area contributed by atoms with E-state index in [1.54, 1.807) is 4.90 Å². The number of carbonyl (C=O) groups excluding carboxylic acids is 3. The molecular formula is C24H41NO5. The number of hydrogen-bond donors (Lipinski definition) is 0. The van der Waals surface area contributed by atoms with Crippen LogP contribution in [-0.4, -0.2) is 47.5 Å². The Morgan fingerprint density at radius 3 is 2.37 bits per heavy atom. The summed E-state index contributed by atoms with van der Waals surface area (Å²) >= 11 is 0. The molecule has 0 bridgehead atoms. The van der Waals surface area contributed by atoms with E-state index in [-0.39, 0.29) is 23.6 Å². The van der Waals surface area contributed by atoms with Gasteiger partial charge in [0.05, 0.1) is 6.61 Å². The number of esters is 1. The summed E-state index contributed by atoms with van der Waals surface area (Å²) in [7, 11) is 0. The quantitative estimate of drug-likeness (QED) is 0.373. The highest BCUT2D eigenvalue weighted by Gasteiger charge is 2.45. The van der Waals surface area contributed by atoms with Gasteiger partial charge in [0.2, 0.25) is 0 Å². The molecule has 1 aliphatic carbocycles. The molecule has 6 heteroatoms. The van der Waals surface area contributed by atoms with Crippen molar-refractivity contribution < 1.29 is 23.9 Å². The average Bonchev–Trinajstić information content (AvgIpc) is 2.67. The maximum absolute atomic E-state index is 12.9. The van der Waals surface area contributed by atoms with Gasteiger partial charge in [-0.2, -0.15) is 0 Å². The van der Waals surface area contributed by atoms with Crippen LogP contribution < -0.4 is 0 Å². The van der Waals surface area contributed by atoms with Crippen molar-refractivity contribution in [2.24, 2.45) is 11.8 Å². The van der Waals surface area contributed by atoms with E-state index in [1.165, 1.54) is 25.7 Å². The summed E-state index contributed by atoms with van der Waals surface area (Å²) in [5.74, 6) is 0.309. The lowest BCUT2D eigenvalue weighted by molar-refractivity contribution is -0.154. The van der Waals surface area contributed by atoms with Gasteiger partial charge in [-0.25, -0.2) is 9.59 Å². The number of carbonyl (C=O) groups is 3. The van der Waals surface area contributed by atoms with E-state index in [1.807, 2.05) is 20.8 Å². The molecule has 1 amide bonds. The van der Waals surface area contributed by atoms with Gasteiger partial charge in [-0.3, -0.25) is 9.69 Å². The molecule has 2 unspecified atom stereocenters. The predicted octanol–water partition coefficient (Wildman–Crippen LogP) is 5.28. The standard InChI is InChI=1S/C24H41NO5/c1-5-6-7-8-9-10-11-14-29-22(27)21-16-19-15-20(26)13-12-18(19)17-25(21)23(28)30-24(2,3)4/h18-19,21H,5-17H2,1-4H3/t18?,19?,21-/m0/s1. The van der Waals surface area contributed by atoms with Gasteiger partial charge in [0.15, 0.2) is 0 Å². The van der Waals surface area contributed by atoms with Gasteiger partial charge in [0, 0.05) is 19.4 Å². The Balaban J connectivity index is 1.90. The fourth-order valence-electron chi connectivity index (χ4n) is 4.53. The summed E-state index contributed by atoms with van der Waals surface area (Å²) in [6.45, 7) is 8.53. The summed E-state index contributed by atoms with van der Waals surface area (Å²) in [6.07, 6.45) is 9.96. The summed E-state index contributed by atoms with van der Waals surface area (Å²) in [6, 6.07) is -0.656. The number of ketones is 1. The molecule has 172 valence electrons. The molecule has 0 spiro atoms. The van der Waals surface area contributed by atoms with Crippen molar-refractivity contribution in [1.29, 1.82) is 0 Å². The van der Waals surface area contributed by atoms with E-state index in [2.05, 4.69) is 6.92 Å². The topological polar surface area (TPSA) is 72.9 Å². The van der Waals surface area contributed by atoms with Crippen LogP contribution in [0.1, 0.15) is 98.3 Å². The first-order valence-electron chi connectivity index (χ1n) is 11.9. The largest absolute Gasteiger partial charge is 0.464 e. The number of amides is 1. The fourth-order valence-corrected chi connectivity index (χ4v) is 4.53. The van der Waals surface area contributed by atoms with Gasteiger partial charge >= 0.3 is 12.1 Å². The molecule has 1 aliphatic heterocycles. The van der Waals surface area contributed by atoms with Crippen LogP contribution in [0.5, 0.6) is 0 Å². The second-order valence-corrected chi connectivity index (χ2v) is 9.97. The van der Waals surface area contributed by atoms with Crippen molar-refractivity contribution in [3.05, 3.63) is 0 Å². The van der Waals surface area contributed by atoms with Crippen molar-refractivity contribution >= 4 is 17.8 Å². The van der Waals surface area contributed by atoms with Crippen molar-refractivity contribution in [3.8, 4) is 0 Å². The van der Waals surface area contributed by atoms with Crippen LogP contribution in [0.3, 0.4) is 0 Å². The third kappa shape index (κ3) is 7.92. The highest BCUT2D eigenvalue weighted by atomic mass is 16.6. The van der Waals surface area contributed by atoms with E-state index in [0.717, 1.165) is 25.7 Å². The van der Waals surface area contributed by atoms with Crippen molar-refractivity contribution in [3.63, 3.8) is 0 Å². The van der Waals surface area contributed by atoms with Gasteiger partial charge in [-0.05, 0) is 51.9 Å². The molecule has 0 aromatic carbocycles. The molecule has 30 heavy (non-hydrogen) atoms. The molecule has 2 fully saturated rings. The van der Waals surface area contributed by atoms with Gasteiger partial charge in [0.1, 0.15) is 17.4 Å². The molecule has 2 rings (SSSR count). The van der Waals surface area contributed by atoms with Crippen LogP contribution in [0.15, 0.2) is 0 Å². The van der Waals surface area contributed by atoms with Gasteiger partial charge in [-0.15, -0.1) is 0 Å². The minimum Gasteiger partial charge on any atom is -0.464 e. The Hall–Kier alpha value is -1.59. The van der Waals surface area contributed by atoms with Crippen molar-refractivity contribution in [2.75, 3.05) is 13.2 Å². The molecule has 1 saturated carbocycles. The summed E-state index contributed by atoms with van der Waals surface area (Å²) in [5, 5.41) is 0. The molecule has 0 N–H and O–H groups in total. The number of Topliss-reactive ketones (excluding diaryl/α,β-unsaturated/α-hetero) is 1. The first-order chi connectivity index (χ1) is 14.2. The highest BCUT2D eigenvalue weighted by Crippen LogP contribution is 2.38. The Morgan fingerprint density at radius 2 is 1.70 bits per heavy atom. The summed E-state index contributed by atoms with van der Waals surface area (Å²) in [4.78, 5) is 39.1. The smallest absolute Gasteiger partial charge is 0.411 e. The number of rotatable bonds is 9. The number of hydrogen-bond acceptors (Lipinski definition) is 5. The Morgan fingerprint density at radius 1 is 1.03 bits per heavy atom. The zero-order valence-electron chi connectivity index (χ0n) is 19.4. The van der Waals surface area contributed by atoms with Crippen LogP contribution in [0.25, 0.3) is 0 Å². The number of ether oxygens (including phenoxy) is 2. The molecule has 0 aromatic heterocycles. The van der Waals surface area contributed by atoms with Crippen LogP contribution in [0.2, 0.25) is 0 Å². The van der Waals surface area contributed by atoms with E-state index in [9.17, 15) is 14.4 Å². The minimum absolute atomic E-state index is 0.154. The number of likely N-dealkylation sites (tertiary alicyclic amines) is 1. The third-order valence-electron chi connectivity index (χ3n) is 6.18. The van der Waals surface area contributed by atoms with Crippen molar-refractivity contribution in [1.82, 2.24) is 4.90 Å². The molecular weight excluding hydrogens is 382 g/mol. The third-order valence-corrected chi connectivity index (χ3v) is 6.18. The first-order valence-corrected chi connectivity index (χ1v) is 11.9. The normalized spacial score (nSPS) is 24.3. The van der Waals surface area contributed by atoms with E-state index in [0.29, 0.717) is 32.4 Å². The molecule has 3 atom stereocenters. The molecule has 1 heterocycles. The van der Waals surface area contributed by atoms with Gasteiger partial charge < -0.3 is 9.47 Å². The summed E-state index contributed by atoms with van der Waals surface area (Å²) < 4.78 is 11.1. The molecule has 0 radical (unpaired) electrons. The Kier molecular flexibility index (Phi) is 9.63. The van der Waals surface area contributed by atoms with Crippen LogP contribution >= 0.6 is 0 Å². The molecule has 1 saturated heterocycles. The van der Waals surface area contributed by atoms with Crippen LogP contribution in [-0.2, 0) is 19.1 Å². The minimum atomic E-state index is -0.656. The molecule has 0 aromatic rings. The lowest BCUT2D eigenvalue weighted by Gasteiger charge is -2.44. The Labute approximate surface area is 182 Å². The lowest BCUT2D eigenvalue weighted by Crippen LogP contribution is -2.56. The second kappa shape index (κ2) is 11.7. The Bertz CT molecular complexity index is 583. The number of unbranched alkanes of at least 4 members (excludes halogenated alkanes) is 6. The van der Waals surface area contributed by atoms with Crippen LogP contribution in [0, 0.1) is 11.8 Å². The van der Waals surface area contributed by atoms with E-state index in [4.69, 9.17) is 9.47 Å². The van der Waals surface area contributed by atoms with Gasteiger partial charge in [0.25, 0.3) is 0 Å². The van der Waals surface area contributed by atoms with Crippen LogP contribution in [0.4, 0.5) is 4.79 Å². The summed E-state index contributed by atoms with van der Waals surface area (Å²) in [5.41, 5.74) is -0.622. The van der Waals surface area contributed by atoms with Gasteiger partial charge in [-0.1, -0.05) is 45.4 Å². The average molecular weight is 424 g/mol. The first kappa shape index (κ1) is 24.7. The fraction of sp³-hybridized carbons (Fsp3) is 0.875. The number of piperidine rings is 1. The SMILES string of the molecule is CCCCCCCCCOC(=O)[C@@H]1CC2CC(=O)CCC2CN1C(=O)OC(C)(C)C. The van der Waals surface area contributed by atoms with E-state index >= 15 is 0 Å². The van der Waals surface area contributed by atoms with E-state index < -0.39 is 17.7 Å². The molecule has 2 aliphatic rings. The zero-order chi connectivity index (χ0) is 22.1. The number of nitrogens with zero attached hydrogens (tertiary/aromatic N) is 1. The zero-order valence-corrected chi connectivity index (χ0v) is 19.4. The highest BCUT2D eigenvalue weighted by molar-refractivity contribution is 5.83. The monoisotopic (exact) mass is 423 g/mol. The maximum Gasteiger partial charge on any atom is 0.411 e. The predicted molar refractivity (Wildman–Crippen MR) is 116 cm³/mol. The maximum atomic E-state index is 12.9. The lowest BCUT2D eigenvalue weighted by atomic mass is 9.72. The molecule has 6 nitrogen and oxygen atoms in total. The second-order valence-electron chi connectivity index (χ2n) is 9.97. The van der Waals surface area contributed by atoms with Crippen molar-refractivity contribution in [2.45, 2.75) is 110 Å². The number of fused-ring (bicyclic) bond motifs is 1.